The second-order valence-electron chi connectivity index (χ2n) is 6.74. The number of nitrogens with zero attached hydrogens (tertiary/aromatic N) is 4. The summed E-state index contributed by atoms with van der Waals surface area (Å²) in [6.45, 7) is 1.76. The number of fused-ring (bicyclic) bond motifs is 1. The first-order valence-electron chi connectivity index (χ1n) is 8.93. The van der Waals surface area contributed by atoms with Crippen molar-refractivity contribution < 1.29 is 14.4 Å². The van der Waals surface area contributed by atoms with E-state index in [-0.39, 0.29) is 24.3 Å². The predicted molar refractivity (Wildman–Crippen MR) is 100.0 cm³/mol. The highest BCUT2D eigenvalue weighted by Crippen LogP contribution is 2.21. The molecule has 7 nitrogen and oxygen atoms in total. The molecule has 27 heavy (non-hydrogen) atoms. The Hall–Kier alpha value is -2.74. The minimum absolute atomic E-state index is 0.0404. The lowest BCUT2D eigenvalue weighted by atomic mass is 10.1. The van der Waals surface area contributed by atoms with E-state index in [1.165, 1.54) is 11.3 Å². The van der Waals surface area contributed by atoms with Crippen molar-refractivity contribution in [3.05, 3.63) is 52.5 Å². The van der Waals surface area contributed by atoms with Crippen molar-refractivity contribution in [3.63, 3.8) is 0 Å². The Morgan fingerprint density at radius 3 is 2.70 bits per heavy atom. The second kappa shape index (κ2) is 7.48. The van der Waals surface area contributed by atoms with Crippen LogP contribution in [0.5, 0.6) is 0 Å². The highest BCUT2D eigenvalue weighted by Gasteiger charge is 2.41. The summed E-state index contributed by atoms with van der Waals surface area (Å²) in [6, 6.07) is 9.17. The Morgan fingerprint density at radius 2 is 1.96 bits per heavy atom. The molecule has 4 rings (SSSR count). The van der Waals surface area contributed by atoms with Crippen LogP contribution in [0.3, 0.4) is 0 Å². The highest BCUT2D eigenvalue weighted by atomic mass is 32.1. The van der Waals surface area contributed by atoms with Crippen LogP contribution >= 0.6 is 11.3 Å². The number of rotatable bonds is 3. The molecule has 2 aliphatic heterocycles. The third-order valence-corrected chi connectivity index (χ3v) is 5.64. The molecule has 3 amide bonds. The van der Waals surface area contributed by atoms with Crippen molar-refractivity contribution in [3.8, 4) is 0 Å². The molecule has 2 aromatic rings. The van der Waals surface area contributed by atoms with E-state index in [1.54, 1.807) is 25.6 Å². The molecular weight excluding hydrogens is 364 g/mol. The summed E-state index contributed by atoms with van der Waals surface area (Å²) in [4.78, 5) is 47.2. The van der Waals surface area contributed by atoms with Crippen molar-refractivity contribution in [2.75, 3.05) is 26.2 Å². The topological polar surface area (TPSA) is 73.8 Å². The number of carbonyl (C=O) groups excluding carboxylic acids is 3. The number of thiazole rings is 1. The Kier molecular flexibility index (Phi) is 4.89. The van der Waals surface area contributed by atoms with Gasteiger partial charge in [-0.05, 0) is 12.0 Å². The molecule has 1 aromatic carbocycles. The Bertz CT molecular complexity index is 840. The van der Waals surface area contributed by atoms with E-state index in [0.29, 0.717) is 38.3 Å². The standard InChI is InChI=1S/C19H20N4O3S/c24-17-11-22(10-14-4-2-1-3-5-14)19(26)16-6-7-21(8-9-23(16)17)18(25)15-12-27-13-20-15/h1-5,12-13,16H,6-11H2/t16-/m0/s1. The molecule has 0 spiro atoms. The van der Waals surface area contributed by atoms with Crippen molar-refractivity contribution in [2.24, 2.45) is 0 Å². The summed E-state index contributed by atoms with van der Waals surface area (Å²) in [5.41, 5.74) is 3.05. The second-order valence-corrected chi connectivity index (χ2v) is 7.46. The van der Waals surface area contributed by atoms with E-state index >= 15 is 0 Å². The van der Waals surface area contributed by atoms with Gasteiger partial charge in [0.15, 0.2) is 0 Å². The molecule has 1 aromatic heterocycles. The first-order valence-corrected chi connectivity index (χ1v) is 9.87. The van der Waals surface area contributed by atoms with E-state index in [9.17, 15) is 14.4 Å². The number of hydrogen-bond donors (Lipinski definition) is 0. The lowest BCUT2D eigenvalue weighted by Crippen LogP contribution is -2.59. The number of piperazine rings is 1. The van der Waals surface area contributed by atoms with Gasteiger partial charge in [-0.25, -0.2) is 4.98 Å². The molecular formula is C19H20N4O3S. The van der Waals surface area contributed by atoms with Gasteiger partial charge in [-0.1, -0.05) is 30.3 Å². The van der Waals surface area contributed by atoms with Crippen LogP contribution in [-0.4, -0.2) is 69.6 Å². The Balaban J connectivity index is 1.48. The molecule has 140 valence electrons. The number of hydrogen-bond acceptors (Lipinski definition) is 5. The van der Waals surface area contributed by atoms with Gasteiger partial charge in [-0.2, -0.15) is 0 Å². The van der Waals surface area contributed by atoms with Gasteiger partial charge >= 0.3 is 0 Å². The Labute approximate surface area is 161 Å². The van der Waals surface area contributed by atoms with E-state index in [0.717, 1.165) is 5.56 Å². The molecule has 3 heterocycles. The van der Waals surface area contributed by atoms with Crippen molar-refractivity contribution >= 4 is 29.1 Å². The van der Waals surface area contributed by atoms with Crippen molar-refractivity contribution in [1.29, 1.82) is 0 Å². The molecule has 2 fully saturated rings. The maximum atomic E-state index is 13.0. The van der Waals surface area contributed by atoms with Crippen molar-refractivity contribution in [1.82, 2.24) is 19.7 Å². The molecule has 1 atom stereocenters. The third kappa shape index (κ3) is 3.57. The molecule has 2 aliphatic rings. The van der Waals surface area contributed by atoms with Gasteiger partial charge in [0.05, 0.1) is 5.51 Å². The number of benzene rings is 1. The Morgan fingerprint density at radius 1 is 1.15 bits per heavy atom. The third-order valence-electron chi connectivity index (χ3n) is 5.06. The van der Waals surface area contributed by atoms with Crippen molar-refractivity contribution in [2.45, 2.75) is 19.0 Å². The van der Waals surface area contributed by atoms with E-state index in [1.807, 2.05) is 30.3 Å². The fourth-order valence-corrected chi connectivity index (χ4v) is 4.17. The van der Waals surface area contributed by atoms with Crippen LogP contribution in [0.15, 0.2) is 41.2 Å². The van der Waals surface area contributed by atoms with Crippen LogP contribution in [0, 0.1) is 0 Å². The summed E-state index contributed by atoms with van der Waals surface area (Å²) in [7, 11) is 0. The highest BCUT2D eigenvalue weighted by molar-refractivity contribution is 7.07. The van der Waals surface area contributed by atoms with Gasteiger partial charge in [-0.3, -0.25) is 14.4 Å². The average molecular weight is 384 g/mol. The maximum absolute atomic E-state index is 13.0. The first-order chi connectivity index (χ1) is 13.1. The summed E-state index contributed by atoms with van der Waals surface area (Å²) in [5.74, 6) is -0.239. The van der Waals surface area contributed by atoms with Crippen LogP contribution in [0.4, 0.5) is 0 Å². The largest absolute Gasteiger partial charge is 0.335 e. The van der Waals surface area contributed by atoms with Gasteiger partial charge in [-0.15, -0.1) is 11.3 Å². The average Bonchev–Trinajstić information content (AvgIpc) is 3.12. The number of carbonyl (C=O) groups is 3. The van der Waals surface area contributed by atoms with Gasteiger partial charge in [0, 0.05) is 31.6 Å². The van der Waals surface area contributed by atoms with E-state index in [2.05, 4.69) is 4.98 Å². The molecule has 2 saturated heterocycles. The van der Waals surface area contributed by atoms with E-state index < -0.39 is 6.04 Å². The molecule has 0 unspecified atom stereocenters. The monoisotopic (exact) mass is 384 g/mol. The lowest BCUT2D eigenvalue weighted by Gasteiger charge is -2.39. The molecule has 0 aliphatic carbocycles. The van der Waals surface area contributed by atoms with Crippen LogP contribution in [-0.2, 0) is 16.1 Å². The minimum Gasteiger partial charge on any atom is -0.335 e. The summed E-state index contributed by atoms with van der Waals surface area (Å²) in [6.07, 6.45) is 0.450. The van der Waals surface area contributed by atoms with E-state index in [4.69, 9.17) is 0 Å². The summed E-state index contributed by atoms with van der Waals surface area (Å²) < 4.78 is 0. The van der Waals surface area contributed by atoms with Gasteiger partial charge in [0.2, 0.25) is 11.8 Å². The van der Waals surface area contributed by atoms with Gasteiger partial charge in [0.25, 0.3) is 5.91 Å². The molecule has 0 bridgehead atoms. The summed E-state index contributed by atoms with van der Waals surface area (Å²) in [5, 5.41) is 1.72. The van der Waals surface area contributed by atoms with Crippen LogP contribution < -0.4 is 0 Å². The maximum Gasteiger partial charge on any atom is 0.273 e. The SMILES string of the molecule is O=C(c1cscn1)N1CC[C@H]2C(=O)N(Cc3ccccc3)CC(=O)N2CC1. The van der Waals surface area contributed by atoms with Crippen LogP contribution in [0.2, 0.25) is 0 Å². The van der Waals surface area contributed by atoms with Gasteiger partial charge in [0.1, 0.15) is 18.3 Å². The number of aromatic nitrogens is 1. The zero-order valence-corrected chi connectivity index (χ0v) is 15.6. The smallest absolute Gasteiger partial charge is 0.273 e. The number of amides is 3. The molecule has 0 saturated carbocycles. The fourth-order valence-electron chi connectivity index (χ4n) is 3.65. The summed E-state index contributed by atoms with van der Waals surface area (Å²) >= 11 is 1.38. The molecule has 8 heteroatoms. The van der Waals surface area contributed by atoms with Gasteiger partial charge < -0.3 is 14.7 Å². The van der Waals surface area contributed by atoms with Crippen LogP contribution in [0.1, 0.15) is 22.5 Å². The predicted octanol–water partition coefficient (Wildman–Crippen LogP) is 1.23. The fraction of sp³-hybridized carbons (Fsp3) is 0.368. The lowest BCUT2D eigenvalue weighted by molar-refractivity contribution is -0.156. The normalized spacial score (nSPS) is 20.4. The zero-order valence-electron chi connectivity index (χ0n) is 14.8. The first kappa shape index (κ1) is 17.7. The van der Waals surface area contributed by atoms with Crippen LogP contribution in [0.25, 0.3) is 0 Å². The minimum atomic E-state index is -0.497. The molecule has 0 radical (unpaired) electrons. The zero-order chi connectivity index (χ0) is 18.8. The quantitative estimate of drug-likeness (QED) is 0.798. The molecule has 0 N–H and O–H groups in total.